The molecule has 0 saturated carbocycles. The first-order chi connectivity index (χ1) is 8.79. The third-order valence-electron chi connectivity index (χ3n) is 2.39. The molecule has 1 aromatic rings. The summed E-state index contributed by atoms with van der Waals surface area (Å²) in [6.07, 6.45) is 8.80. The standard InChI is InChI=1S/C14H13NO3/c1-2-3-8-15-14(16)7-5-11-4-6-12-13(9-11)18-10-17-12/h1,4-7,9H,3,8,10H2,(H,15,16)/b7-5+. The van der Waals surface area contributed by atoms with Gasteiger partial charge in [-0.05, 0) is 23.8 Å². The molecule has 2 rings (SSSR count). The van der Waals surface area contributed by atoms with Gasteiger partial charge in [0.2, 0.25) is 12.7 Å². The van der Waals surface area contributed by atoms with Gasteiger partial charge in [0.15, 0.2) is 11.5 Å². The van der Waals surface area contributed by atoms with Crippen molar-refractivity contribution in [3.8, 4) is 23.8 Å². The smallest absolute Gasteiger partial charge is 0.244 e. The molecule has 0 aliphatic carbocycles. The van der Waals surface area contributed by atoms with Crippen molar-refractivity contribution < 1.29 is 14.3 Å². The number of terminal acetylenes is 1. The van der Waals surface area contributed by atoms with Crippen molar-refractivity contribution in [2.75, 3.05) is 13.3 Å². The lowest BCUT2D eigenvalue weighted by Crippen LogP contribution is -2.21. The maximum absolute atomic E-state index is 11.4. The van der Waals surface area contributed by atoms with Crippen LogP contribution in [0, 0.1) is 12.3 Å². The minimum Gasteiger partial charge on any atom is -0.454 e. The van der Waals surface area contributed by atoms with Crippen LogP contribution >= 0.6 is 0 Å². The monoisotopic (exact) mass is 243 g/mol. The first kappa shape index (κ1) is 12.1. The summed E-state index contributed by atoms with van der Waals surface area (Å²) in [4.78, 5) is 11.4. The van der Waals surface area contributed by atoms with Crippen LogP contribution in [0.2, 0.25) is 0 Å². The number of rotatable bonds is 4. The molecule has 1 aliphatic heterocycles. The highest BCUT2D eigenvalue weighted by atomic mass is 16.7. The number of carbonyl (C=O) groups excluding carboxylic acids is 1. The highest BCUT2D eigenvalue weighted by Gasteiger charge is 2.12. The van der Waals surface area contributed by atoms with Crippen LogP contribution in [0.1, 0.15) is 12.0 Å². The molecule has 1 amide bonds. The Kier molecular flexibility index (Phi) is 3.87. The number of benzene rings is 1. The molecular weight excluding hydrogens is 230 g/mol. The summed E-state index contributed by atoms with van der Waals surface area (Å²) >= 11 is 0. The molecule has 0 fully saturated rings. The predicted molar refractivity (Wildman–Crippen MR) is 68.1 cm³/mol. The van der Waals surface area contributed by atoms with Gasteiger partial charge in [-0.15, -0.1) is 12.3 Å². The van der Waals surface area contributed by atoms with E-state index in [-0.39, 0.29) is 12.7 Å². The van der Waals surface area contributed by atoms with E-state index in [1.54, 1.807) is 6.08 Å². The second-order valence-electron chi connectivity index (χ2n) is 3.69. The summed E-state index contributed by atoms with van der Waals surface area (Å²) in [5, 5.41) is 2.68. The van der Waals surface area contributed by atoms with Crippen LogP contribution in [-0.2, 0) is 4.79 Å². The molecule has 0 atom stereocenters. The fourth-order valence-corrected chi connectivity index (χ4v) is 1.51. The summed E-state index contributed by atoms with van der Waals surface area (Å²) in [7, 11) is 0. The van der Waals surface area contributed by atoms with Gasteiger partial charge in [0.25, 0.3) is 0 Å². The molecule has 0 radical (unpaired) electrons. The average Bonchev–Trinajstić information content (AvgIpc) is 2.84. The Morgan fingerprint density at radius 3 is 3.11 bits per heavy atom. The van der Waals surface area contributed by atoms with Gasteiger partial charge >= 0.3 is 0 Å². The Morgan fingerprint density at radius 1 is 1.44 bits per heavy atom. The fraction of sp³-hybridized carbons (Fsp3) is 0.214. The topological polar surface area (TPSA) is 47.6 Å². The van der Waals surface area contributed by atoms with E-state index in [1.165, 1.54) is 6.08 Å². The van der Waals surface area contributed by atoms with Gasteiger partial charge in [-0.1, -0.05) is 6.07 Å². The maximum Gasteiger partial charge on any atom is 0.244 e. The van der Waals surface area contributed by atoms with Gasteiger partial charge in [-0.3, -0.25) is 4.79 Å². The van der Waals surface area contributed by atoms with Crippen LogP contribution in [-0.4, -0.2) is 19.2 Å². The van der Waals surface area contributed by atoms with Crippen molar-refractivity contribution in [3.05, 3.63) is 29.8 Å². The van der Waals surface area contributed by atoms with Crippen molar-refractivity contribution in [3.63, 3.8) is 0 Å². The minimum absolute atomic E-state index is 0.164. The molecule has 18 heavy (non-hydrogen) atoms. The molecule has 92 valence electrons. The maximum atomic E-state index is 11.4. The Labute approximate surface area is 106 Å². The van der Waals surface area contributed by atoms with Gasteiger partial charge in [-0.25, -0.2) is 0 Å². The van der Waals surface area contributed by atoms with Gasteiger partial charge < -0.3 is 14.8 Å². The third-order valence-corrected chi connectivity index (χ3v) is 2.39. The number of hydrogen-bond acceptors (Lipinski definition) is 3. The van der Waals surface area contributed by atoms with Crippen molar-refractivity contribution in [2.24, 2.45) is 0 Å². The number of fused-ring (bicyclic) bond motifs is 1. The first-order valence-electron chi connectivity index (χ1n) is 5.58. The van der Waals surface area contributed by atoms with Gasteiger partial charge in [-0.2, -0.15) is 0 Å². The van der Waals surface area contributed by atoms with Gasteiger partial charge in [0.05, 0.1) is 0 Å². The van der Waals surface area contributed by atoms with Crippen molar-refractivity contribution in [1.29, 1.82) is 0 Å². The van der Waals surface area contributed by atoms with Gasteiger partial charge in [0, 0.05) is 19.0 Å². The van der Waals surface area contributed by atoms with Crippen LogP contribution in [0.4, 0.5) is 0 Å². The predicted octanol–water partition coefficient (Wildman–Crippen LogP) is 1.57. The van der Waals surface area contributed by atoms with E-state index in [4.69, 9.17) is 15.9 Å². The number of hydrogen-bond donors (Lipinski definition) is 1. The van der Waals surface area contributed by atoms with E-state index in [1.807, 2.05) is 18.2 Å². The second-order valence-corrected chi connectivity index (χ2v) is 3.69. The van der Waals surface area contributed by atoms with Crippen LogP contribution in [0.3, 0.4) is 0 Å². The average molecular weight is 243 g/mol. The molecule has 0 unspecified atom stereocenters. The lowest BCUT2D eigenvalue weighted by molar-refractivity contribution is -0.116. The van der Waals surface area contributed by atoms with Crippen LogP contribution < -0.4 is 14.8 Å². The molecule has 1 aromatic carbocycles. The molecule has 0 spiro atoms. The van der Waals surface area contributed by atoms with Crippen molar-refractivity contribution >= 4 is 12.0 Å². The molecular formula is C14H13NO3. The molecule has 4 nitrogen and oxygen atoms in total. The van der Waals surface area contributed by atoms with Gasteiger partial charge in [0.1, 0.15) is 0 Å². The summed E-state index contributed by atoms with van der Waals surface area (Å²) < 4.78 is 10.4. The van der Waals surface area contributed by atoms with Crippen LogP contribution in [0.25, 0.3) is 6.08 Å². The van der Waals surface area contributed by atoms with E-state index < -0.39 is 0 Å². The van der Waals surface area contributed by atoms with Crippen molar-refractivity contribution in [1.82, 2.24) is 5.32 Å². The first-order valence-corrected chi connectivity index (χ1v) is 5.58. The van der Waals surface area contributed by atoms with E-state index in [0.717, 1.165) is 11.3 Å². The van der Waals surface area contributed by atoms with Crippen LogP contribution in [0.15, 0.2) is 24.3 Å². The summed E-state index contributed by atoms with van der Waals surface area (Å²) in [6.45, 7) is 0.732. The number of amides is 1. The van der Waals surface area contributed by atoms with E-state index in [0.29, 0.717) is 18.7 Å². The summed E-state index contributed by atoms with van der Waals surface area (Å²) in [5.74, 6) is 3.72. The Balaban J connectivity index is 1.93. The van der Waals surface area contributed by atoms with Crippen LogP contribution in [0.5, 0.6) is 11.5 Å². The third kappa shape index (κ3) is 3.05. The quantitative estimate of drug-likeness (QED) is 0.496. The zero-order valence-corrected chi connectivity index (χ0v) is 9.81. The zero-order valence-electron chi connectivity index (χ0n) is 9.81. The molecule has 0 bridgehead atoms. The van der Waals surface area contributed by atoms with E-state index in [9.17, 15) is 4.79 Å². The number of carbonyl (C=O) groups is 1. The fourth-order valence-electron chi connectivity index (χ4n) is 1.51. The van der Waals surface area contributed by atoms with Crippen molar-refractivity contribution in [2.45, 2.75) is 6.42 Å². The summed E-state index contributed by atoms with van der Waals surface area (Å²) in [5.41, 5.74) is 0.881. The lowest BCUT2D eigenvalue weighted by Gasteiger charge is -1.99. The normalized spacial score (nSPS) is 12.4. The zero-order chi connectivity index (χ0) is 12.8. The highest BCUT2D eigenvalue weighted by molar-refractivity contribution is 5.91. The largest absolute Gasteiger partial charge is 0.454 e. The lowest BCUT2D eigenvalue weighted by atomic mass is 10.2. The SMILES string of the molecule is C#CCCNC(=O)/C=C/c1ccc2c(c1)OCO2. The number of ether oxygens (including phenoxy) is 2. The Hall–Kier alpha value is -2.41. The Bertz CT molecular complexity index is 514. The van der Waals surface area contributed by atoms with E-state index in [2.05, 4.69) is 11.2 Å². The molecule has 1 N–H and O–H groups in total. The molecule has 4 heteroatoms. The molecule has 1 aliphatic rings. The molecule has 0 saturated heterocycles. The number of nitrogens with one attached hydrogen (secondary N) is 1. The Morgan fingerprint density at radius 2 is 2.28 bits per heavy atom. The van der Waals surface area contributed by atoms with E-state index >= 15 is 0 Å². The molecule has 1 heterocycles. The second kappa shape index (κ2) is 5.78. The summed E-state index contributed by atoms with van der Waals surface area (Å²) in [6, 6.07) is 5.50. The molecule has 0 aromatic heterocycles. The minimum atomic E-state index is -0.164. The highest BCUT2D eigenvalue weighted by Crippen LogP contribution is 2.32.